The molecule has 5 heteroatoms. The summed E-state index contributed by atoms with van der Waals surface area (Å²) < 4.78 is 41.8. The minimum absolute atomic E-state index is 0.0932. The van der Waals surface area contributed by atoms with E-state index >= 15 is 0 Å². The van der Waals surface area contributed by atoms with E-state index in [1.54, 1.807) is 0 Å². The molecule has 0 heterocycles. The molecule has 0 aliphatic carbocycles. The van der Waals surface area contributed by atoms with Crippen molar-refractivity contribution in [2.24, 2.45) is 5.92 Å². The third-order valence-electron chi connectivity index (χ3n) is 3.09. The lowest BCUT2D eigenvalue weighted by Crippen LogP contribution is -2.15. The molecule has 0 bridgehead atoms. The Hall–Kier alpha value is -2.16. The summed E-state index contributed by atoms with van der Waals surface area (Å²) in [6.45, 7) is -0.120. The normalized spacial score (nSPS) is 12.5. The SMILES string of the molecule is C#C[C@@H](COS(=O)(=O)c1ccc(F)cc1)Cc1ccccc1. The van der Waals surface area contributed by atoms with Crippen LogP contribution in [0, 0.1) is 24.1 Å². The van der Waals surface area contributed by atoms with Crippen LogP contribution in [0.4, 0.5) is 4.39 Å². The molecule has 2 rings (SSSR count). The van der Waals surface area contributed by atoms with Crippen LogP contribution in [-0.2, 0) is 20.7 Å². The second kappa shape index (κ2) is 7.21. The first-order valence-electron chi connectivity index (χ1n) is 6.66. The summed E-state index contributed by atoms with van der Waals surface area (Å²) in [6, 6.07) is 14.0. The van der Waals surface area contributed by atoms with Gasteiger partial charge in [0.05, 0.1) is 11.5 Å². The number of halogens is 1. The molecule has 2 aromatic rings. The summed E-state index contributed by atoms with van der Waals surface area (Å²) in [4.78, 5) is -0.0932. The summed E-state index contributed by atoms with van der Waals surface area (Å²) >= 11 is 0. The molecule has 0 fully saturated rings. The third kappa shape index (κ3) is 4.42. The van der Waals surface area contributed by atoms with Gasteiger partial charge in [-0.3, -0.25) is 4.18 Å². The van der Waals surface area contributed by atoms with E-state index in [1.165, 1.54) is 0 Å². The first-order chi connectivity index (χ1) is 10.5. The van der Waals surface area contributed by atoms with E-state index in [-0.39, 0.29) is 17.4 Å². The zero-order valence-corrected chi connectivity index (χ0v) is 12.6. The second-order valence-electron chi connectivity index (χ2n) is 4.75. The van der Waals surface area contributed by atoms with Crippen LogP contribution in [0.3, 0.4) is 0 Å². The Morgan fingerprint density at radius 3 is 2.32 bits per heavy atom. The summed E-state index contributed by atoms with van der Waals surface area (Å²) in [7, 11) is -3.94. The van der Waals surface area contributed by atoms with Crippen molar-refractivity contribution in [1.82, 2.24) is 0 Å². The average Bonchev–Trinajstić information content (AvgIpc) is 2.53. The van der Waals surface area contributed by atoms with Crippen molar-refractivity contribution in [2.75, 3.05) is 6.61 Å². The van der Waals surface area contributed by atoms with Crippen molar-refractivity contribution in [3.63, 3.8) is 0 Å². The van der Waals surface area contributed by atoms with Gasteiger partial charge in [-0.25, -0.2) is 4.39 Å². The van der Waals surface area contributed by atoms with Crippen molar-refractivity contribution in [1.29, 1.82) is 0 Å². The number of benzene rings is 2. The summed E-state index contributed by atoms with van der Waals surface area (Å²) in [5.74, 6) is 1.66. The Morgan fingerprint density at radius 2 is 1.73 bits per heavy atom. The molecule has 0 N–H and O–H groups in total. The molecule has 0 spiro atoms. The van der Waals surface area contributed by atoms with Crippen molar-refractivity contribution >= 4 is 10.1 Å². The predicted octanol–water partition coefficient (Wildman–Crippen LogP) is 3.02. The maximum atomic E-state index is 12.8. The maximum absolute atomic E-state index is 12.8. The van der Waals surface area contributed by atoms with E-state index in [0.29, 0.717) is 6.42 Å². The van der Waals surface area contributed by atoms with Crippen LogP contribution in [0.2, 0.25) is 0 Å². The van der Waals surface area contributed by atoms with Gasteiger partial charge in [-0.15, -0.1) is 12.3 Å². The van der Waals surface area contributed by atoms with Gasteiger partial charge >= 0.3 is 0 Å². The molecule has 0 saturated carbocycles. The molecule has 2 aromatic carbocycles. The molecule has 0 radical (unpaired) electrons. The third-order valence-corrected chi connectivity index (χ3v) is 4.38. The standard InChI is InChI=1S/C17H15FO3S/c1-2-14(12-15-6-4-3-5-7-15)13-21-22(19,20)17-10-8-16(18)9-11-17/h1,3-11,14H,12-13H2/t14-/m1/s1. The molecule has 1 atom stereocenters. The summed E-state index contributed by atoms with van der Waals surface area (Å²) in [5.41, 5.74) is 1.01. The molecule has 3 nitrogen and oxygen atoms in total. The highest BCUT2D eigenvalue weighted by molar-refractivity contribution is 7.86. The molecule has 0 saturated heterocycles. The van der Waals surface area contributed by atoms with Crippen molar-refractivity contribution in [3.8, 4) is 12.3 Å². The second-order valence-corrected chi connectivity index (χ2v) is 6.36. The lowest BCUT2D eigenvalue weighted by atomic mass is 10.0. The van der Waals surface area contributed by atoms with Gasteiger partial charge < -0.3 is 0 Å². The van der Waals surface area contributed by atoms with Crippen LogP contribution < -0.4 is 0 Å². The molecule has 22 heavy (non-hydrogen) atoms. The fourth-order valence-electron chi connectivity index (χ4n) is 1.91. The fourth-order valence-corrected chi connectivity index (χ4v) is 2.85. The van der Waals surface area contributed by atoms with E-state index in [2.05, 4.69) is 5.92 Å². The smallest absolute Gasteiger partial charge is 0.265 e. The Bertz CT molecular complexity index is 747. The van der Waals surface area contributed by atoms with Gasteiger partial charge in [-0.1, -0.05) is 30.3 Å². The summed E-state index contributed by atoms with van der Waals surface area (Å²) in [5, 5.41) is 0. The molecule has 0 aliphatic heterocycles. The Labute approximate surface area is 129 Å². The van der Waals surface area contributed by atoms with Gasteiger partial charge in [0.2, 0.25) is 0 Å². The van der Waals surface area contributed by atoms with Crippen LogP contribution in [0.5, 0.6) is 0 Å². The van der Waals surface area contributed by atoms with Gasteiger partial charge in [0.1, 0.15) is 5.82 Å². The topological polar surface area (TPSA) is 43.4 Å². The number of terminal acetylenes is 1. The highest BCUT2D eigenvalue weighted by Crippen LogP contribution is 2.16. The molecule has 0 aromatic heterocycles. The Balaban J connectivity index is 2.01. The van der Waals surface area contributed by atoms with Gasteiger partial charge in [-0.2, -0.15) is 8.42 Å². The number of rotatable bonds is 6. The number of hydrogen-bond donors (Lipinski definition) is 0. The molecular weight excluding hydrogens is 303 g/mol. The monoisotopic (exact) mass is 318 g/mol. The van der Waals surface area contributed by atoms with Crippen LogP contribution in [0.15, 0.2) is 59.5 Å². The van der Waals surface area contributed by atoms with Gasteiger partial charge in [0.15, 0.2) is 0 Å². The van der Waals surface area contributed by atoms with Crippen LogP contribution in [0.1, 0.15) is 5.56 Å². The van der Waals surface area contributed by atoms with Gasteiger partial charge in [0.25, 0.3) is 10.1 Å². The van der Waals surface area contributed by atoms with E-state index in [4.69, 9.17) is 10.6 Å². The quantitative estimate of drug-likeness (QED) is 0.607. The van der Waals surface area contributed by atoms with Crippen LogP contribution in [0.25, 0.3) is 0 Å². The first kappa shape index (κ1) is 16.2. The van der Waals surface area contributed by atoms with Crippen LogP contribution >= 0.6 is 0 Å². The Kier molecular flexibility index (Phi) is 5.31. The average molecular weight is 318 g/mol. The predicted molar refractivity (Wildman–Crippen MR) is 82.0 cm³/mol. The maximum Gasteiger partial charge on any atom is 0.297 e. The molecule has 0 amide bonds. The van der Waals surface area contributed by atoms with Crippen molar-refractivity contribution in [2.45, 2.75) is 11.3 Å². The number of hydrogen-bond acceptors (Lipinski definition) is 3. The first-order valence-corrected chi connectivity index (χ1v) is 8.07. The zero-order valence-electron chi connectivity index (χ0n) is 11.8. The lowest BCUT2D eigenvalue weighted by molar-refractivity contribution is 0.283. The molecule has 0 unspecified atom stereocenters. The van der Waals surface area contributed by atoms with E-state index in [0.717, 1.165) is 29.8 Å². The van der Waals surface area contributed by atoms with E-state index in [1.807, 2.05) is 30.3 Å². The highest BCUT2D eigenvalue weighted by atomic mass is 32.2. The van der Waals surface area contributed by atoms with Crippen molar-refractivity contribution < 1.29 is 17.0 Å². The van der Waals surface area contributed by atoms with E-state index < -0.39 is 15.9 Å². The van der Waals surface area contributed by atoms with Gasteiger partial charge in [0, 0.05) is 5.92 Å². The molecule has 114 valence electrons. The van der Waals surface area contributed by atoms with Crippen LogP contribution in [-0.4, -0.2) is 15.0 Å². The Morgan fingerprint density at radius 1 is 1.09 bits per heavy atom. The molecular formula is C17H15FO3S. The molecule has 0 aliphatic rings. The summed E-state index contributed by atoms with van der Waals surface area (Å²) in [6.07, 6.45) is 5.96. The minimum Gasteiger partial charge on any atom is -0.265 e. The fraction of sp³-hybridized carbons (Fsp3) is 0.176. The zero-order chi connectivity index (χ0) is 16.0. The van der Waals surface area contributed by atoms with Crippen molar-refractivity contribution in [3.05, 3.63) is 66.0 Å². The minimum atomic E-state index is -3.94. The largest absolute Gasteiger partial charge is 0.297 e. The lowest BCUT2D eigenvalue weighted by Gasteiger charge is -2.11. The highest BCUT2D eigenvalue weighted by Gasteiger charge is 2.18. The van der Waals surface area contributed by atoms with E-state index in [9.17, 15) is 12.8 Å². The van der Waals surface area contributed by atoms with Gasteiger partial charge in [-0.05, 0) is 36.2 Å².